The topological polar surface area (TPSA) is 24.5 Å². The molecule has 0 aromatic heterocycles. The molecular weight excluding hydrogens is 236 g/mol. The summed E-state index contributed by atoms with van der Waals surface area (Å²) < 4.78 is 5.20. The number of methoxy groups -OCH3 is 1. The molecule has 19 heavy (non-hydrogen) atoms. The van der Waals surface area contributed by atoms with Crippen molar-refractivity contribution >= 4 is 5.69 Å². The lowest BCUT2D eigenvalue weighted by Gasteiger charge is -2.41. The van der Waals surface area contributed by atoms with E-state index >= 15 is 0 Å². The van der Waals surface area contributed by atoms with Crippen molar-refractivity contribution in [3.05, 3.63) is 24.3 Å². The molecule has 1 unspecified atom stereocenters. The van der Waals surface area contributed by atoms with Gasteiger partial charge in [0.25, 0.3) is 0 Å². The molecule has 2 rings (SSSR count). The Kier molecular flexibility index (Phi) is 4.35. The minimum atomic E-state index is 0.374. The van der Waals surface area contributed by atoms with Crippen LogP contribution in [0.1, 0.15) is 26.7 Å². The molecule has 0 bridgehead atoms. The number of piperidine rings is 1. The SMILES string of the molecule is COc1ccc(N(C)CC2NCCCC2(C)C)cc1. The van der Waals surface area contributed by atoms with Crippen molar-refractivity contribution in [1.29, 1.82) is 0 Å². The van der Waals surface area contributed by atoms with Crippen LogP contribution in [0.2, 0.25) is 0 Å². The van der Waals surface area contributed by atoms with Gasteiger partial charge in [-0.25, -0.2) is 0 Å². The van der Waals surface area contributed by atoms with Crippen molar-refractivity contribution < 1.29 is 4.74 Å². The van der Waals surface area contributed by atoms with E-state index in [1.807, 2.05) is 12.1 Å². The predicted octanol–water partition coefficient (Wildman–Crippen LogP) is 2.91. The van der Waals surface area contributed by atoms with Gasteiger partial charge in [0.15, 0.2) is 0 Å². The molecule has 1 aromatic carbocycles. The molecule has 106 valence electrons. The van der Waals surface area contributed by atoms with Gasteiger partial charge in [-0.2, -0.15) is 0 Å². The lowest BCUT2D eigenvalue weighted by Crippen LogP contribution is -2.52. The highest BCUT2D eigenvalue weighted by molar-refractivity contribution is 5.48. The first-order chi connectivity index (χ1) is 9.03. The van der Waals surface area contributed by atoms with Crippen LogP contribution < -0.4 is 15.0 Å². The van der Waals surface area contributed by atoms with Crippen LogP contribution in [0.15, 0.2) is 24.3 Å². The second-order valence-corrected chi connectivity index (χ2v) is 6.18. The standard InChI is InChI=1S/C16H26N2O/c1-16(2)10-5-11-17-15(16)12-18(3)13-6-8-14(19-4)9-7-13/h6-9,15,17H,5,10-12H2,1-4H3. The molecular formula is C16H26N2O. The van der Waals surface area contributed by atoms with Crippen LogP contribution in [0.4, 0.5) is 5.69 Å². The first kappa shape index (κ1) is 14.2. The molecule has 0 amide bonds. The molecule has 1 atom stereocenters. The largest absolute Gasteiger partial charge is 0.497 e. The molecule has 0 aliphatic carbocycles. The summed E-state index contributed by atoms with van der Waals surface area (Å²) in [7, 11) is 3.86. The fourth-order valence-electron chi connectivity index (χ4n) is 2.80. The van der Waals surface area contributed by atoms with Crippen LogP contribution in [0.25, 0.3) is 0 Å². The summed E-state index contributed by atoms with van der Waals surface area (Å²) in [5.41, 5.74) is 1.61. The molecule has 1 aliphatic heterocycles. The summed E-state index contributed by atoms with van der Waals surface area (Å²) in [6, 6.07) is 8.83. The van der Waals surface area contributed by atoms with Gasteiger partial charge in [-0.1, -0.05) is 13.8 Å². The number of hydrogen-bond donors (Lipinski definition) is 1. The van der Waals surface area contributed by atoms with Crippen molar-refractivity contribution in [3.8, 4) is 5.75 Å². The lowest BCUT2D eigenvalue weighted by molar-refractivity contribution is 0.184. The van der Waals surface area contributed by atoms with Crippen molar-refractivity contribution in [1.82, 2.24) is 5.32 Å². The average molecular weight is 262 g/mol. The maximum atomic E-state index is 5.20. The summed E-state index contributed by atoms with van der Waals surface area (Å²) in [4.78, 5) is 2.32. The Morgan fingerprint density at radius 2 is 2.00 bits per heavy atom. The minimum absolute atomic E-state index is 0.374. The van der Waals surface area contributed by atoms with E-state index in [-0.39, 0.29) is 0 Å². The van der Waals surface area contributed by atoms with Crippen molar-refractivity contribution in [2.24, 2.45) is 5.41 Å². The van der Waals surface area contributed by atoms with Crippen LogP contribution in [-0.4, -0.2) is 33.3 Å². The first-order valence-corrected chi connectivity index (χ1v) is 7.11. The number of benzene rings is 1. The number of nitrogens with zero attached hydrogens (tertiary/aromatic N) is 1. The van der Waals surface area contributed by atoms with Crippen molar-refractivity contribution in [3.63, 3.8) is 0 Å². The van der Waals surface area contributed by atoms with E-state index in [0.717, 1.165) is 18.8 Å². The van der Waals surface area contributed by atoms with Crippen molar-refractivity contribution in [2.75, 3.05) is 32.1 Å². The number of anilines is 1. The Bertz CT molecular complexity index is 400. The highest BCUT2D eigenvalue weighted by Crippen LogP contribution is 2.31. The van der Waals surface area contributed by atoms with Gasteiger partial charge in [-0.15, -0.1) is 0 Å². The molecule has 0 saturated carbocycles. The first-order valence-electron chi connectivity index (χ1n) is 7.11. The van der Waals surface area contributed by atoms with Gasteiger partial charge < -0.3 is 15.0 Å². The zero-order chi connectivity index (χ0) is 13.9. The molecule has 1 fully saturated rings. The molecule has 3 heteroatoms. The Hall–Kier alpha value is -1.22. The third kappa shape index (κ3) is 3.41. The highest BCUT2D eigenvalue weighted by Gasteiger charge is 2.32. The Labute approximate surface area is 116 Å². The smallest absolute Gasteiger partial charge is 0.119 e. The number of rotatable bonds is 4. The summed E-state index contributed by atoms with van der Waals surface area (Å²) >= 11 is 0. The maximum absolute atomic E-state index is 5.20. The van der Waals surface area contributed by atoms with Gasteiger partial charge in [0.2, 0.25) is 0 Å². The van der Waals surface area contributed by atoms with E-state index in [9.17, 15) is 0 Å². The number of likely N-dealkylation sites (N-methyl/N-ethyl adjacent to an activating group) is 1. The number of ether oxygens (including phenoxy) is 1. The van der Waals surface area contributed by atoms with Gasteiger partial charge in [-0.05, 0) is 49.1 Å². The molecule has 0 spiro atoms. The van der Waals surface area contributed by atoms with Gasteiger partial charge in [0.1, 0.15) is 5.75 Å². The molecule has 1 aliphatic rings. The zero-order valence-corrected chi connectivity index (χ0v) is 12.6. The van der Waals surface area contributed by atoms with E-state index < -0.39 is 0 Å². The van der Waals surface area contributed by atoms with Gasteiger partial charge >= 0.3 is 0 Å². The van der Waals surface area contributed by atoms with Gasteiger partial charge in [0, 0.05) is 25.3 Å². The van der Waals surface area contributed by atoms with E-state index in [0.29, 0.717) is 11.5 Å². The molecule has 0 radical (unpaired) electrons. The summed E-state index contributed by atoms with van der Waals surface area (Å²) in [6.07, 6.45) is 2.59. The lowest BCUT2D eigenvalue weighted by atomic mass is 9.77. The molecule has 1 N–H and O–H groups in total. The summed E-state index contributed by atoms with van der Waals surface area (Å²) in [5.74, 6) is 0.910. The Morgan fingerprint density at radius 3 is 2.58 bits per heavy atom. The Balaban J connectivity index is 2.01. The van der Waals surface area contributed by atoms with Crippen LogP contribution in [0.3, 0.4) is 0 Å². The third-order valence-corrected chi connectivity index (χ3v) is 4.30. The normalized spacial score (nSPS) is 22.0. The minimum Gasteiger partial charge on any atom is -0.497 e. The van der Waals surface area contributed by atoms with Gasteiger partial charge in [0.05, 0.1) is 7.11 Å². The predicted molar refractivity (Wildman–Crippen MR) is 81.1 cm³/mol. The maximum Gasteiger partial charge on any atom is 0.119 e. The van der Waals surface area contributed by atoms with Crippen LogP contribution in [0, 0.1) is 5.41 Å². The summed E-state index contributed by atoms with van der Waals surface area (Å²) in [6.45, 7) is 6.92. The van der Waals surface area contributed by atoms with E-state index in [1.165, 1.54) is 18.5 Å². The van der Waals surface area contributed by atoms with Gasteiger partial charge in [-0.3, -0.25) is 0 Å². The number of nitrogens with one attached hydrogen (secondary N) is 1. The van der Waals surface area contributed by atoms with Crippen LogP contribution in [-0.2, 0) is 0 Å². The Morgan fingerprint density at radius 1 is 1.32 bits per heavy atom. The van der Waals surface area contributed by atoms with Crippen LogP contribution in [0.5, 0.6) is 5.75 Å². The van der Waals surface area contributed by atoms with E-state index in [4.69, 9.17) is 4.74 Å². The molecule has 1 heterocycles. The second kappa shape index (κ2) is 5.83. The average Bonchev–Trinajstić information content (AvgIpc) is 2.41. The summed E-state index contributed by atoms with van der Waals surface area (Å²) in [5, 5.41) is 3.67. The third-order valence-electron chi connectivity index (χ3n) is 4.30. The molecule has 1 aromatic rings. The number of hydrogen-bond acceptors (Lipinski definition) is 3. The zero-order valence-electron chi connectivity index (χ0n) is 12.6. The van der Waals surface area contributed by atoms with Crippen molar-refractivity contribution in [2.45, 2.75) is 32.7 Å². The fraction of sp³-hybridized carbons (Fsp3) is 0.625. The highest BCUT2D eigenvalue weighted by atomic mass is 16.5. The monoisotopic (exact) mass is 262 g/mol. The fourth-order valence-corrected chi connectivity index (χ4v) is 2.80. The molecule has 3 nitrogen and oxygen atoms in total. The van der Waals surface area contributed by atoms with Crippen LogP contribution >= 0.6 is 0 Å². The quantitative estimate of drug-likeness (QED) is 0.903. The van der Waals surface area contributed by atoms with E-state index in [1.54, 1.807) is 7.11 Å². The molecule has 1 saturated heterocycles. The second-order valence-electron chi connectivity index (χ2n) is 6.18. The van der Waals surface area contributed by atoms with E-state index in [2.05, 4.69) is 43.2 Å².